The van der Waals surface area contributed by atoms with Gasteiger partial charge in [-0.15, -0.1) is 0 Å². The highest BCUT2D eigenvalue weighted by molar-refractivity contribution is 4.87. The number of likely N-dealkylation sites (N-methyl/N-ethyl adjacent to an activating group) is 1. The zero-order valence-corrected chi connectivity index (χ0v) is 9.92. The zero-order valence-electron chi connectivity index (χ0n) is 9.92. The molecule has 1 rings (SSSR count). The summed E-state index contributed by atoms with van der Waals surface area (Å²) in [6, 6.07) is 0.650. The van der Waals surface area contributed by atoms with Crippen molar-refractivity contribution in [2.24, 2.45) is 5.41 Å². The zero-order chi connectivity index (χ0) is 10.6. The largest absolute Gasteiger partial charge is 0.395 e. The van der Waals surface area contributed by atoms with Crippen molar-refractivity contribution in [1.29, 1.82) is 0 Å². The van der Waals surface area contributed by atoms with Crippen LogP contribution in [0.2, 0.25) is 0 Å². The maximum Gasteiger partial charge on any atom is 0.0558 e. The number of aliphatic hydroxyl groups excluding tert-OH is 1. The van der Waals surface area contributed by atoms with Gasteiger partial charge in [-0.25, -0.2) is 0 Å². The summed E-state index contributed by atoms with van der Waals surface area (Å²) in [5.41, 5.74) is 0.417. The second kappa shape index (κ2) is 5.13. The molecular weight excluding hydrogens is 174 g/mol. The van der Waals surface area contributed by atoms with Crippen LogP contribution in [0, 0.1) is 5.41 Å². The van der Waals surface area contributed by atoms with E-state index in [1.165, 1.54) is 32.1 Å². The van der Waals surface area contributed by atoms with Crippen molar-refractivity contribution in [3.8, 4) is 0 Å². The lowest BCUT2D eigenvalue weighted by Crippen LogP contribution is -2.43. The Labute approximate surface area is 88.3 Å². The Hall–Kier alpha value is -0.0800. The summed E-state index contributed by atoms with van der Waals surface area (Å²) in [6.07, 6.45) is 6.73. The number of aliphatic hydroxyl groups is 1. The monoisotopic (exact) mass is 199 g/mol. The molecule has 1 atom stereocenters. The molecule has 1 unspecified atom stereocenters. The Balaban J connectivity index is 2.61. The van der Waals surface area contributed by atoms with E-state index in [9.17, 15) is 0 Å². The minimum absolute atomic E-state index is 0.281. The van der Waals surface area contributed by atoms with Crippen LogP contribution in [-0.2, 0) is 0 Å². The van der Waals surface area contributed by atoms with Crippen molar-refractivity contribution in [3.63, 3.8) is 0 Å². The first kappa shape index (κ1) is 12.0. The summed E-state index contributed by atoms with van der Waals surface area (Å²) in [7, 11) is 2.15. The molecule has 0 aromatic rings. The third-order valence-electron chi connectivity index (χ3n) is 3.69. The van der Waals surface area contributed by atoms with E-state index in [0.717, 1.165) is 6.54 Å². The van der Waals surface area contributed by atoms with Crippen LogP contribution < -0.4 is 0 Å². The van der Waals surface area contributed by atoms with Gasteiger partial charge in [-0.3, -0.25) is 0 Å². The van der Waals surface area contributed by atoms with Crippen molar-refractivity contribution < 1.29 is 5.11 Å². The normalized spacial score (nSPS) is 27.6. The van der Waals surface area contributed by atoms with E-state index in [-0.39, 0.29) is 6.61 Å². The third kappa shape index (κ3) is 2.96. The lowest BCUT2D eigenvalue weighted by Gasteiger charge is -2.39. The summed E-state index contributed by atoms with van der Waals surface area (Å²) in [4.78, 5) is 2.34. The van der Waals surface area contributed by atoms with E-state index >= 15 is 0 Å². The summed E-state index contributed by atoms with van der Waals surface area (Å²) in [5.74, 6) is 0. The average Bonchev–Trinajstić information content (AvgIpc) is 2.26. The lowest BCUT2D eigenvalue weighted by molar-refractivity contribution is 0.0861. The van der Waals surface area contributed by atoms with Gasteiger partial charge in [0.25, 0.3) is 0 Å². The van der Waals surface area contributed by atoms with Crippen LogP contribution in [0.15, 0.2) is 0 Å². The van der Waals surface area contributed by atoms with Crippen molar-refractivity contribution in [2.45, 2.75) is 52.0 Å². The van der Waals surface area contributed by atoms with Crippen molar-refractivity contribution in [3.05, 3.63) is 0 Å². The van der Waals surface area contributed by atoms with Gasteiger partial charge < -0.3 is 10.0 Å². The molecule has 1 N–H and O–H groups in total. The molecule has 1 fully saturated rings. The quantitative estimate of drug-likeness (QED) is 0.705. The highest BCUT2D eigenvalue weighted by atomic mass is 16.3. The predicted octanol–water partition coefficient (Wildman–Crippen LogP) is 2.27. The molecule has 1 saturated carbocycles. The Bertz CT molecular complexity index is 168. The molecule has 0 amide bonds. The fourth-order valence-electron chi connectivity index (χ4n) is 2.78. The van der Waals surface area contributed by atoms with E-state index in [4.69, 9.17) is 5.11 Å². The van der Waals surface area contributed by atoms with Gasteiger partial charge in [0.2, 0.25) is 0 Å². The minimum Gasteiger partial charge on any atom is -0.395 e. The highest BCUT2D eigenvalue weighted by Gasteiger charge is 2.32. The smallest absolute Gasteiger partial charge is 0.0558 e. The van der Waals surface area contributed by atoms with Crippen molar-refractivity contribution in [1.82, 2.24) is 4.90 Å². The van der Waals surface area contributed by atoms with Crippen LogP contribution in [0.4, 0.5) is 0 Å². The summed E-state index contributed by atoms with van der Waals surface area (Å²) in [5, 5.41) is 8.97. The topological polar surface area (TPSA) is 23.5 Å². The first-order valence-electron chi connectivity index (χ1n) is 5.89. The first-order valence-corrected chi connectivity index (χ1v) is 5.89. The SMILES string of the molecule is CN(CCO)C1CCCCCC1(C)C. The maximum absolute atomic E-state index is 8.97. The van der Waals surface area contributed by atoms with Crippen molar-refractivity contribution >= 4 is 0 Å². The van der Waals surface area contributed by atoms with E-state index in [2.05, 4.69) is 25.8 Å². The minimum atomic E-state index is 0.281. The van der Waals surface area contributed by atoms with Gasteiger partial charge >= 0.3 is 0 Å². The van der Waals surface area contributed by atoms with Gasteiger partial charge in [-0.2, -0.15) is 0 Å². The molecule has 0 aromatic carbocycles. The molecule has 0 radical (unpaired) electrons. The number of hydrogen-bond donors (Lipinski definition) is 1. The Morgan fingerprint density at radius 3 is 2.64 bits per heavy atom. The molecule has 0 heterocycles. The van der Waals surface area contributed by atoms with Gasteiger partial charge in [-0.05, 0) is 25.3 Å². The summed E-state index contributed by atoms with van der Waals surface area (Å²) in [6.45, 7) is 5.84. The van der Waals surface area contributed by atoms with Crippen LogP contribution in [0.1, 0.15) is 46.0 Å². The Morgan fingerprint density at radius 1 is 1.29 bits per heavy atom. The van der Waals surface area contributed by atoms with Gasteiger partial charge in [0.15, 0.2) is 0 Å². The van der Waals surface area contributed by atoms with E-state index < -0.39 is 0 Å². The molecule has 2 heteroatoms. The van der Waals surface area contributed by atoms with Gasteiger partial charge in [0, 0.05) is 12.6 Å². The Morgan fingerprint density at radius 2 is 2.00 bits per heavy atom. The standard InChI is InChI=1S/C12H25NO/c1-12(2)8-6-4-5-7-11(12)13(3)9-10-14/h11,14H,4-10H2,1-3H3. The molecule has 0 aliphatic heterocycles. The van der Waals surface area contributed by atoms with Crippen LogP contribution in [0.5, 0.6) is 0 Å². The molecule has 14 heavy (non-hydrogen) atoms. The fourth-order valence-corrected chi connectivity index (χ4v) is 2.78. The molecule has 0 spiro atoms. The molecule has 1 aliphatic carbocycles. The Kier molecular flexibility index (Phi) is 4.39. The van der Waals surface area contributed by atoms with Crippen LogP contribution in [0.25, 0.3) is 0 Å². The number of hydrogen-bond acceptors (Lipinski definition) is 2. The molecule has 0 aromatic heterocycles. The summed E-state index contributed by atoms with van der Waals surface area (Å²) < 4.78 is 0. The molecule has 2 nitrogen and oxygen atoms in total. The molecular formula is C12H25NO. The first-order chi connectivity index (χ1) is 6.58. The fraction of sp³-hybridized carbons (Fsp3) is 1.00. The van der Waals surface area contributed by atoms with E-state index in [0.29, 0.717) is 11.5 Å². The predicted molar refractivity (Wildman–Crippen MR) is 60.4 cm³/mol. The highest BCUT2D eigenvalue weighted by Crippen LogP contribution is 2.36. The van der Waals surface area contributed by atoms with E-state index in [1.54, 1.807) is 0 Å². The second-order valence-corrected chi connectivity index (χ2v) is 5.31. The van der Waals surface area contributed by atoms with Crippen molar-refractivity contribution in [2.75, 3.05) is 20.2 Å². The summed E-state index contributed by atoms with van der Waals surface area (Å²) >= 11 is 0. The average molecular weight is 199 g/mol. The number of rotatable bonds is 3. The number of nitrogens with zero attached hydrogens (tertiary/aromatic N) is 1. The van der Waals surface area contributed by atoms with Gasteiger partial charge in [0.1, 0.15) is 0 Å². The lowest BCUT2D eigenvalue weighted by atomic mass is 9.79. The third-order valence-corrected chi connectivity index (χ3v) is 3.69. The van der Waals surface area contributed by atoms with Crippen LogP contribution in [0.3, 0.4) is 0 Å². The van der Waals surface area contributed by atoms with Gasteiger partial charge in [0.05, 0.1) is 6.61 Å². The van der Waals surface area contributed by atoms with E-state index in [1.807, 2.05) is 0 Å². The maximum atomic E-state index is 8.97. The second-order valence-electron chi connectivity index (χ2n) is 5.31. The van der Waals surface area contributed by atoms with Crippen LogP contribution >= 0.6 is 0 Å². The van der Waals surface area contributed by atoms with Crippen LogP contribution in [-0.4, -0.2) is 36.2 Å². The molecule has 0 saturated heterocycles. The molecule has 1 aliphatic rings. The van der Waals surface area contributed by atoms with Gasteiger partial charge in [-0.1, -0.05) is 33.1 Å². The molecule has 0 bridgehead atoms. The molecule has 84 valence electrons.